The minimum Gasteiger partial charge on any atom is -0.497 e. The van der Waals surface area contributed by atoms with E-state index >= 15 is 0 Å². The monoisotopic (exact) mass is 437 g/mol. The van der Waals surface area contributed by atoms with Gasteiger partial charge in [-0.1, -0.05) is 42.5 Å². The second kappa shape index (κ2) is 8.56. The third-order valence-electron chi connectivity index (χ3n) is 6.16. The maximum atomic E-state index is 5.96. The van der Waals surface area contributed by atoms with E-state index in [4.69, 9.17) is 15.5 Å². The molecule has 0 bridgehead atoms. The Bertz CT molecular complexity index is 1440. The van der Waals surface area contributed by atoms with Crippen molar-refractivity contribution in [2.24, 2.45) is 0 Å². The number of nitrogens with two attached hydrogens (primary N) is 1. The number of aromatic nitrogens is 3. The van der Waals surface area contributed by atoms with Crippen LogP contribution in [0.5, 0.6) is 5.75 Å². The van der Waals surface area contributed by atoms with Crippen LogP contribution in [0.3, 0.4) is 0 Å². The maximum Gasteiger partial charge on any atom is 0.153 e. The first-order chi connectivity index (χ1) is 16.0. The van der Waals surface area contributed by atoms with Crippen LogP contribution in [0.4, 0.5) is 5.82 Å². The first-order valence-corrected chi connectivity index (χ1v) is 11.1. The molecule has 166 valence electrons. The van der Waals surface area contributed by atoms with E-state index in [9.17, 15) is 0 Å². The molecule has 1 unspecified atom stereocenters. The van der Waals surface area contributed by atoms with Gasteiger partial charge in [0.15, 0.2) is 5.82 Å². The number of benzene rings is 3. The van der Waals surface area contributed by atoms with E-state index in [2.05, 4.69) is 77.9 Å². The van der Waals surface area contributed by atoms with Crippen LogP contribution in [0.25, 0.3) is 32.9 Å². The predicted molar refractivity (Wildman–Crippen MR) is 134 cm³/mol. The highest BCUT2D eigenvalue weighted by atomic mass is 16.5. The molecule has 4 N–H and O–H groups in total. The molecule has 5 rings (SSSR count). The molecule has 0 aliphatic rings. The molecule has 6 heteroatoms. The fourth-order valence-corrected chi connectivity index (χ4v) is 4.32. The SMILES string of the molecule is COc1cccc([C@@H](C)NC(C)c2cc3ccccc3c(-c3ccc4c(N)n[nH]c4c3)n2)c1. The zero-order chi connectivity index (χ0) is 22.9. The van der Waals surface area contributed by atoms with Crippen molar-refractivity contribution in [3.05, 3.63) is 84.1 Å². The summed E-state index contributed by atoms with van der Waals surface area (Å²) in [7, 11) is 1.69. The van der Waals surface area contributed by atoms with E-state index < -0.39 is 0 Å². The zero-order valence-electron chi connectivity index (χ0n) is 19.0. The second-order valence-corrected chi connectivity index (χ2v) is 8.37. The van der Waals surface area contributed by atoms with Crippen LogP contribution in [0.1, 0.15) is 37.2 Å². The molecule has 0 aliphatic heterocycles. The van der Waals surface area contributed by atoms with Gasteiger partial charge in [0.1, 0.15) is 5.75 Å². The number of aromatic amines is 1. The molecule has 33 heavy (non-hydrogen) atoms. The number of nitrogens with zero attached hydrogens (tertiary/aromatic N) is 2. The van der Waals surface area contributed by atoms with E-state index in [0.29, 0.717) is 5.82 Å². The Balaban J connectivity index is 1.53. The number of hydrogen-bond donors (Lipinski definition) is 3. The van der Waals surface area contributed by atoms with Gasteiger partial charge in [-0.2, -0.15) is 5.10 Å². The van der Waals surface area contributed by atoms with Gasteiger partial charge in [0.25, 0.3) is 0 Å². The summed E-state index contributed by atoms with van der Waals surface area (Å²) in [6.45, 7) is 4.31. The predicted octanol–water partition coefficient (Wildman–Crippen LogP) is 5.78. The number of rotatable bonds is 6. The van der Waals surface area contributed by atoms with Gasteiger partial charge in [-0.25, -0.2) is 0 Å². The van der Waals surface area contributed by atoms with Crippen LogP contribution in [-0.2, 0) is 0 Å². The number of pyridine rings is 1. The number of ether oxygens (including phenoxy) is 1. The molecular weight excluding hydrogens is 410 g/mol. The first kappa shape index (κ1) is 21.0. The fourth-order valence-electron chi connectivity index (χ4n) is 4.32. The lowest BCUT2D eigenvalue weighted by Crippen LogP contribution is -2.23. The first-order valence-electron chi connectivity index (χ1n) is 11.1. The van der Waals surface area contributed by atoms with Crippen molar-refractivity contribution < 1.29 is 4.74 Å². The average molecular weight is 438 g/mol. The van der Waals surface area contributed by atoms with Gasteiger partial charge >= 0.3 is 0 Å². The molecule has 0 fully saturated rings. The van der Waals surface area contributed by atoms with Crippen LogP contribution in [-0.4, -0.2) is 22.3 Å². The van der Waals surface area contributed by atoms with Crippen LogP contribution in [0.15, 0.2) is 72.8 Å². The molecule has 2 aromatic heterocycles. The topological polar surface area (TPSA) is 88.9 Å². The molecule has 0 aliphatic carbocycles. The van der Waals surface area contributed by atoms with Crippen molar-refractivity contribution in [1.82, 2.24) is 20.5 Å². The summed E-state index contributed by atoms with van der Waals surface area (Å²) in [6.07, 6.45) is 0. The number of anilines is 1. The summed E-state index contributed by atoms with van der Waals surface area (Å²) in [5.41, 5.74) is 11.0. The third kappa shape index (κ3) is 4.01. The minimum atomic E-state index is 0.0427. The van der Waals surface area contributed by atoms with Gasteiger partial charge in [0.2, 0.25) is 0 Å². The molecule has 0 spiro atoms. The van der Waals surface area contributed by atoms with Crippen LogP contribution >= 0.6 is 0 Å². The van der Waals surface area contributed by atoms with Crippen molar-refractivity contribution in [3.8, 4) is 17.0 Å². The number of hydrogen-bond acceptors (Lipinski definition) is 5. The third-order valence-corrected chi connectivity index (χ3v) is 6.16. The Morgan fingerprint density at radius 2 is 1.76 bits per heavy atom. The molecule has 2 heterocycles. The molecule has 0 saturated carbocycles. The van der Waals surface area contributed by atoms with Gasteiger partial charge in [-0.3, -0.25) is 10.1 Å². The molecule has 5 aromatic rings. The van der Waals surface area contributed by atoms with Crippen LogP contribution < -0.4 is 15.8 Å². The van der Waals surface area contributed by atoms with Gasteiger partial charge in [-0.05, 0) is 55.1 Å². The fraction of sp³-hybridized carbons (Fsp3) is 0.185. The van der Waals surface area contributed by atoms with Crippen molar-refractivity contribution in [3.63, 3.8) is 0 Å². The normalized spacial score (nSPS) is 13.3. The molecule has 0 radical (unpaired) electrons. The van der Waals surface area contributed by atoms with Crippen molar-refractivity contribution in [1.29, 1.82) is 0 Å². The van der Waals surface area contributed by atoms with Gasteiger partial charge < -0.3 is 15.8 Å². The number of fused-ring (bicyclic) bond motifs is 2. The molecule has 0 amide bonds. The number of nitrogens with one attached hydrogen (secondary N) is 2. The van der Waals surface area contributed by atoms with Gasteiger partial charge in [0, 0.05) is 28.4 Å². The summed E-state index contributed by atoms with van der Waals surface area (Å²) in [4.78, 5) is 5.11. The van der Waals surface area contributed by atoms with Gasteiger partial charge in [-0.15, -0.1) is 0 Å². The van der Waals surface area contributed by atoms with Crippen LogP contribution in [0, 0.1) is 0 Å². The Morgan fingerprint density at radius 3 is 2.61 bits per heavy atom. The summed E-state index contributed by atoms with van der Waals surface area (Å²) < 4.78 is 5.38. The maximum absolute atomic E-state index is 5.96. The Hall–Kier alpha value is -3.90. The Kier molecular flexibility index (Phi) is 5.44. The van der Waals surface area contributed by atoms with Gasteiger partial charge in [0.05, 0.1) is 24.0 Å². The average Bonchev–Trinajstić information content (AvgIpc) is 3.23. The lowest BCUT2D eigenvalue weighted by molar-refractivity contribution is 0.412. The van der Waals surface area contributed by atoms with Crippen molar-refractivity contribution in [2.75, 3.05) is 12.8 Å². The van der Waals surface area contributed by atoms with Crippen molar-refractivity contribution in [2.45, 2.75) is 25.9 Å². The molecular formula is C27H27N5O. The summed E-state index contributed by atoms with van der Waals surface area (Å²) in [6, 6.07) is 25.0. The minimum absolute atomic E-state index is 0.0427. The Morgan fingerprint density at radius 1 is 0.909 bits per heavy atom. The van der Waals surface area contributed by atoms with E-state index in [1.165, 1.54) is 5.56 Å². The quantitative estimate of drug-likeness (QED) is 0.313. The highest BCUT2D eigenvalue weighted by Crippen LogP contribution is 2.32. The summed E-state index contributed by atoms with van der Waals surface area (Å²) in [5.74, 6) is 1.36. The number of nitrogen functional groups attached to an aromatic ring is 1. The van der Waals surface area contributed by atoms with E-state index in [-0.39, 0.29) is 12.1 Å². The molecule has 2 atom stereocenters. The standard InChI is InChI=1S/C27H27N5O/c1-16(18-8-6-9-21(13-18)33-3)29-17(2)24-14-19-7-4-5-10-22(19)26(30-24)20-11-12-23-25(15-20)31-32-27(23)28/h4-17,29H,1-3H3,(H3,28,31,32)/t16-,17?/m1/s1. The Labute approximate surface area is 192 Å². The molecule has 3 aromatic carbocycles. The second-order valence-electron chi connectivity index (χ2n) is 8.37. The molecule has 6 nitrogen and oxygen atoms in total. The van der Waals surface area contributed by atoms with Crippen LogP contribution in [0.2, 0.25) is 0 Å². The highest BCUT2D eigenvalue weighted by molar-refractivity contribution is 5.98. The summed E-state index contributed by atoms with van der Waals surface area (Å²) >= 11 is 0. The zero-order valence-corrected chi connectivity index (χ0v) is 19.0. The number of H-pyrrole nitrogens is 1. The largest absolute Gasteiger partial charge is 0.497 e. The van der Waals surface area contributed by atoms with Crippen molar-refractivity contribution >= 4 is 27.5 Å². The lowest BCUT2D eigenvalue weighted by Gasteiger charge is -2.22. The number of methoxy groups -OCH3 is 1. The highest BCUT2D eigenvalue weighted by Gasteiger charge is 2.16. The summed E-state index contributed by atoms with van der Waals surface area (Å²) in [5, 5.41) is 14.0. The van der Waals surface area contributed by atoms with E-state index in [1.807, 2.05) is 24.3 Å². The van der Waals surface area contributed by atoms with E-state index in [1.54, 1.807) is 7.11 Å². The molecule has 0 saturated heterocycles. The van der Waals surface area contributed by atoms with E-state index in [0.717, 1.165) is 44.4 Å². The smallest absolute Gasteiger partial charge is 0.153 e. The lowest BCUT2D eigenvalue weighted by atomic mass is 10.00.